The molecule has 0 aliphatic rings. The maximum Gasteiger partial charge on any atom is 0.255 e. The van der Waals surface area contributed by atoms with Crippen LogP contribution in [0.25, 0.3) is 11.3 Å². The highest BCUT2D eigenvalue weighted by atomic mass is 32.2. The molecule has 1 atom stereocenters. The fraction of sp³-hybridized carbons (Fsp3) is 0.120. The molecule has 0 aliphatic carbocycles. The highest BCUT2D eigenvalue weighted by Gasteiger charge is 2.11. The highest BCUT2D eigenvalue weighted by Crippen LogP contribution is 2.26. The number of carbonyl (C=O) groups excluding carboxylic acids is 1. The fourth-order valence-electron chi connectivity index (χ4n) is 3.42. The zero-order valence-electron chi connectivity index (χ0n) is 19.3. The largest absolute Gasteiger partial charge is 0.495 e. The maximum atomic E-state index is 12.7. The first kappa shape index (κ1) is 24.9. The first-order valence-electron chi connectivity index (χ1n) is 10.9. The Labute approximate surface area is 210 Å². The van der Waals surface area contributed by atoms with Crippen LogP contribution in [0.4, 0.5) is 17.3 Å². The Bertz CT molecular complexity index is 1400. The van der Waals surface area contributed by atoms with E-state index in [1.807, 2.05) is 12.1 Å². The van der Waals surface area contributed by atoms with Crippen LogP contribution in [0.2, 0.25) is 0 Å². The van der Waals surface area contributed by atoms with Gasteiger partial charge in [0.15, 0.2) is 11.1 Å². The number of nitrogens with zero attached hydrogens (tertiary/aromatic N) is 3. The maximum absolute atomic E-state index is 12.7. The third kappa shape index (κ3) is 6.27. The van der Waals surface area contributed by atoms with Gasteiger partial charge >= 0.3 is 0 Å². The molecule has 2 aromatic carbocycles. The first-order chi connectivity index (χ1) is 17.4. The number of methoxy groups -OCH3 is 1. The molecule has 4 rings (SSSR count). The van der Waals surface area contributed by atoms with Crippen LogP contribution in [0.1, 0.15) is 21.5 Å². The zero-order chi connectivity index (χ0) is 25.5. The molecule has 0 aliphatic heterocycles. The van der Waals surface area contributed by atoms with Gasteiger partial charge in [-0.2, -0.15) is 0 Å². The number of nitrogens with two attached hydrogens (primary N) is 1. The molecule has 5 N–H and O–H groups in total. The van der Waals surface area contributed by atoms with Crippen molar-refractivity contribution in [2.75, 3.05) is 17.7 Å². The minimum atomic E-state index is -1.94. The Morgan fingerprint density at radius 2 is 1.92 bits per heavy atom. The van der Waals surface area contributed by atoms with Crippen LogP contribution in [0, 0.1) is 0 Å². The van der Waals surface area contributed by atoms with Crippen LogP contribution in [-0.2, 0) is 23.4 Å². The summed E-state index contributed by atoms with van der Waals surface area (Å²) in [6, 6.07) is 15.4. The molecule has 4 aromatic rings. The van der Waals surface area contributed by atoms with Gasteiger partial charge in [-0.3, -0.25) is 9.78 Å². The van der Waals surface area contributed by atoms with Gasteiger partial charge in [0.25, 0.3) is 5.91 Å². The lowest BCUT2D eigenvalue weighted by atomic mass is 10.1. The van der Waals surface area contributed by atoms with E-state index >= 15 is 0 Å². The third-order valence-corrected chi connectivity index (χ3v) is 5.82. The van der Waals surface area contributed by atoms with Gasteiger partial charge in [0, 0.05) is 41.4 Å². The lowest BCUT2D eigenvalue weighted by Crippen LogP contribution is -2.13. The van der Waals surface area contributed by atoms with Crippen molar-refractivity contribution in [1.82, 2.24) is 15.0 Å². The number of hydrogen-bond acceptors (Lipinski definition) is 8. The van der Waals surface area contributed by atoms with Crippen molar-refractivity contribution in [3.05, 3.63) is 89.9 Å². The van der Waals surface area contributed by atoms with Crippen molar-refractivity contribution in [1.29, 1.82) is 0 Å². The number of nitrogens with one attached hydrogen (secondary N) is 2. The highest BCUT2D eigenvalue weighted by molar-refractivity contribution is 7.78. The lowest BCUT2D eigenvalue weighted by Gasteiger charge is -2.13. The van der Waals surface area contributed by atoms with Crippen LogP contribution in [-0.4, -0.2) is 36.7 Å². The summed E-state index contributed by atoms with van der Waals surface area (Å²) in [6.45, 7) is 0.268. The molecule has 11 heteroatoms. The minimum absolute atomic E-state index is 0.00901. The number of carbonyl (C=O) groups is 1. The molecule has 0 radical (unpaired) electrons. The smallest absolute Gasteiger partial charge is 0.255 e. The van der Waals surface area contributed by atoms with Gasteiger partial charge in [-0.1, -0.05) is 18.2 Å². The van der Waals surface area contributed by atoms with Gasteiger partial charge in [0.2, 0.25) is 5.95 Å². The van der Waals surface area contributed by atoms with E-state index in [9.17, 15) is 9.00 Å². The van der Waals surface area contributed by atoms with Crippen molar-refractivity contribution in [3.63, 3.8) is 0 Å². The summed E-state index contributed by atoms with van der Waals surface area (Å²) in [5, 5.41) is 6.04. The molecule has 2 heterocycles. The van der Waals surface area contributed by atoms with Gasteiger partial charge in [-0.05, 0) is 47.5 Å². The molecule has 36 heavy (non-hydrogen) atoms. The van der Waals surface area contributed by atoms with E-state index in [-0.39, 0.29) is 18.2 Å². The van der Waals surface area contributed by atoms with Crippen molar-refractivity contribution < 1.29 is 18.3 Å². The molecule has 0 saturated carbocycles. The monoisotopic (exact) mass is 504 g/mol. The molecule has 2 aromatic heterocycles. The predicted molar refractivity (Wildman–Crippen MR) is 138 cm³/mol. The van der Waals surface area contributed by atoms with Crippen LogP contribution < -0.4 is 21.1 Å². The van der Waals surface area contributed by atoms with E-state index in [4.69, 9.17) is 15.0 Å². The number of ether oxygens (including phenoxy) is 1. The number of amides is 1. The Kier molecular flexibility index (Phi) is 7.95. The summed E-state index contributed by atoms with van der Waals surface area (Å²) in [5.74, 6) is 0.662. The molecule has 0 bridgehead atoms. The van der Waals surface area contributed by atoms with Crippen LogP contribution in [0.15, 0.2) is 73.2 Å². The normalized spacial score (nSPS) is 11.5. The predicted octanol–water partition coefficient (Wildman–Crippen LogP) is 3.72. The van der Waals surface area contributed by atoms with Crippen LogP contribution >= 0.6 is 0 Å². The number of rotatable bonds is 9. The molecule has 1 amide bonds. The summed E-state index contributed by atoms with van der Waals surface area (Å²) in [6.07, 6.45) is 4.93. The molecular formula is C25H24N6O4S. The number of pyridine rings is 1. The second-order valence-electron chi connectivity index (χ2n) is 7.70. The van der Waals surface area contributed by atoms with Gasteiger partial charge in [-0.15, -0.1) is 0 Å². The Morgan fingerprint density at radius 1 is 1.11 bits per heavy atom. The average Bonchev–Trinajstić information content (AvgIpc) is 2.89. The van der Waals surface area contributed by atoms with Crippen molar-refractivity contribution in [2.24, 2.45) is 5.73 Å². The second kappa shape index (κ2) is 11.5. The summed E-state index contributed by atoms with van der Waals surface area (Å²) in [7, 11) is 1.57. The van der Waals surface area contributed by atoms with E-state index in [0.29, 0.717) is 39.9 Å². The molecule has 0 spiro atoms. The standard InChI is InChI=1S/C25H24N6O4S/c1-35-21-10-19(13-27-14-21)22-8-9-28-25(30-22)31-23-11-20(7-6-18(23)12-26)29-24(32)17-4-2-16(3-5-17)15-36(33)34/h2-11,13-14H,12,15,26H2,1H3,(H,29,32)(H,33,34)(H,28,30,31). The van der Waals surface area contributed by atoms with Crippen LogP contribution in [0.3, 0.4) is 0 Å². The quantitative estimate of drug-likeness (QED) is 0.250. The number of anilines is 3. The van der Waals surface area contributed by atoms with E-state index in [1.165, 1.54) is 0 Å². The van der Waals surface area contributed by atoms with E-state index < -0.39 is 11.1 Å². The van der Waals surface area contributed by atoms with Crippen molar-refractivity contribution in [2.45, 2.75) is 12.3 Å². The molecule has 0 saturated heterocycles. The summed E-state index contributed by atoms with van der Waals surface area (Å²) in [4.78, 5) is 25.8. The molecule has 184 valence electrons. The molecule has 1 unspecified atom stereocenters. The van der Waals surface area contributed by atoms with Gasteiger partial charge in [-0.25, -0.2) is 14.2 Å². The Balaban J connectivity index is 1.53. The number of aromatic nitrogens is 3. The van der Waals surface area contributed by atoms with E-state index in [2.05, 4.69) is 25.6 Å². The Hall–Kier alpha value is -4.19. The third-order valence-electron chi connectivity index (χ3n) is 5.24. The van der Waals surface area contributed by atoms with Crippen molar-refractivity contribution >= 4 is 34.3 Å². The fourth-order valence-corrected chi connectivity index (χ4v) is 3.90. The van der Waals surface area contributed by atoms with Crippen LogP contribution in [0.5, 0.6) is 5.75 Å². The van der Waals surface area contributed by atoms with Gasteiger partial charge in [0.1, 0.15) is 5.75 Å². The average molecular weight is 505 g/mol. The summed E-state index contributed by atoms with van der Waals surface area (Å²) >= 11 is -1.94. The topological polar surface area (TPSA) is 152 Å². The summed E-state index contributed by atoms with van der Waals surface area (Å²) in [5.41, 5.74) is 10.4. The lowest BCUT2D eigenvalue weighted by molar-refractivity contribution is 0.102. The molecule has 0 fully saturated rings. The molecular weight excluding hydrogens is 480 g/mol. The first-order valence-corrected chi connectivity index (χ1v) is 12.1. The van der Waals surface area contributed by atoms with Crippen molar-refractivity contribution in [3.8, 4) is 17.0 Å². The van der Waals surface area contributed by atoms with E-state index in [1.54, 1.807) is 68.2 Å². The number of benzene rings is 2. The second-order valence-corrected chi connectivity index (χ2v) is 8.63. The zero-order valence-corrected chi connectivity index (χ0v) is 20.2. The minimum Gasteiger partial charge on any atom is -0.495 e. The SMILES string of the molecule is COc1cncc(-c2ccnc(Nc3cc(NC(=O)c4ccc(CS(=O)O)cc4)ccc3CN)n2)c1. The van der Waals surface area contributed by atoms with Gasteiger partial charge in [0.05, 0.1) is 24.8 Å². The Morgan fingerprint density at radius 3 is 2.64 bits per heavy atom. The number of hydrogen-bond donors (Lipinski definition) is 4. The van der Waals surface area contributed by atoms with E-state index in [0.717, 1.165) is 11.1 Å². The molecule has 10 nitrogen and oxygen atoms in total. The summed E-state index contributed by atoms with van der Waals surface area (Å²) < 4.78 is 25.2. The van der Waals surface area contributed by atoms with Gasteiger partial charge < -0.3 is 25.7 Å².